The van der Waals surface area contributed by atoms with Crippen LogP contribution in [-0.2, 0) is 4.79 Å². The van der Waals surface area contributed by atoms with Gasteiger partial charge in [0.05, 0.1) is 12.3 Å². The summed E-state index contributed by atoms with van der Waals surface area (Å²) < 4.78 is 11.3. The smallest absolute Gasteiger partial charge is 0.293 e. The predicted octanol–water partition coefficient (Wildman–Crippen LogP) is 4.60. The second-order valence-electron chi connectivity index (χ2n) is 5.67. The number of benzene rings is 2. The molecule has 3 rings (SSSR count). The molecule has 138 valence electrons. The van der Waals surface area contributed by atoms with E-state index < -0.39 is 5.91 Å². The van der Waals surface area contributed by atoms with Gasteiger partial charge >= 0.3 is 0 Å². The number of hydrogen-bond donors (Lipinski definition) is 2. The third-order valence-electron chi connectivity index (χ3n) is 3.80. The first-order valence-electron chi connectivity index (χ1n) is 8.62. The van der Waals surface area contributed by atoms with Crippen LogP contribution in [-0.4, -0.2) is 18.4 Å². The van der Waals surface area contributed by atoms with Crippen molar-refractivity contribution in [2.45, 2.75) is 13.8 Å². The Balaban J connectivity index is 1.98. The number of allylic oxidation sites excluding steroid dienone is 1. The Kier molecular flexibility index (Phi) is 5.56. The molecule has 6 nitrogen and oxygen atoms in total. The third-order valence-corrected chi connectivity index (χ3v) is 3.80. The summed E-state index contributed by atoms with van der Waals surface area (Å²) in [5.74, 6) is -0.230. The van der Waals surface area contributed by atoms with Crippen molar-refractivity contribution in [2.75, 3.05) is 17.2 Å². The lowest BCUT2D eigenvalue weighted by Gasteiger charge is -2.11. The van der Waals surface area contributed by atoms with Crippen molar-refractivity contribution >= 4 is 34.2 Å². The second-order valence-corrected chi connectivity index (χ2v) is 5.67. The monoisotopic (exact) mass is 364 g/mol. The fraction of sp³-hybridized carbons (Fsp3) is 0.143. The molecule has 0 radical (unpaired) electrons. The Labute approximate surface area is 156 Å². The van der Waals surface area contributed by atoms with Crippen molar-refractivity contribution < 1.29 is 18.7 Å². The first-order valence-corrected chi connectivity index (χ1v) is 8.62. The largest absolute Gasteiger partial charge is 0.492 e. The summed E-state index contributed by atoms with van der Waals surface area (Å²) in [5.41, 5.74) is 1.37. The van der Waals surface area contributed by atoms with Gasteiger partial charge in [0.1, 0.15) is 17.0 Å². The fourth-order valence-corrected chi connectivity index (χ4v) is 2.68. The standard InChI is InChI=1S/C21H20N2O4/c1-3-9-18(24)23-19-14-10-5-7-12-16(14)27-20(19)21(25)22-15-11-6-8-13-17(15)26-4-2/h3,5-13H,4H2,1-2H3,(H,22,25)(H,23,24)/b9-3+. The summed E-state index contributed by atoms with van der Waals surface area (Å²) in [6.07, 6.45) is 3.00. The minimum Gasteiger partial charge on any atom is -0.492 e. The minimum atomic E-state index is -0.478. The quantitative estimate of drug-likeness (QED) is 0.627. The van der Waals surface area contributed by atoms with E-state index in [1.807, 2.05) is 19.1 Å². The molecule has 0 unspecified atom stereocenters. The molecule has 2 N–H and O–H groups in total. The van der Waals surface area contributed by atoms with Gasteiger partial charge in [-0.2, -0.15) is 0 Å². The number of carbonyl (C=O) groups is 2. The average molecular weight is 364 g/mol. The highest BCUT2D eigenvalue weighted by atomic mass is 16.5. The maximum absolute atomic E-state index is 12.9. The van der Waals surface area contributed by atoms with E-state index in [0.29, 0.717) is 34.7 Å². The molecule has 0 aliphatic heterocycles. The zero-order valence-electron chi connectivity index (χ0n) is 15.1. The molecule has 0 bridgehead atoms. The van der Waals surface area contributed by atoms with Crippen LogP contribution in [0.5, 0.6) is 5.75 Å². The first-order chi connectivity index (χ1) is 13.1. The van der Waals surface area contributed by atoms with Crippen LogP contribution in [0.2, 0.25) is 0 Å². The predicted molar refractivity (Wildman–Crippen MR) is 105 cm³/mol. The van der Waals surface area contributed by atoms with E-state index in [2.05, 4.69) is 10.6 Å². The highest BCUT2D eigenvalue weighted by Gasteiger charge is 2.22. The summed E-state index contributed by atoms with van der Waals surface area (Å²) in [6, 6.07) is 14.3. The van der Waals surface area contributed by atoms with Crippen molar-refractivity contribution in [1.82, 2.24) is 0 Å². The molecule has 3 aromatic rings. The molecule has 0 atom stereocenters. The van der Waals surface area contributed by atoms with Crippen molar-refractivity contribution in [1.29, 1.82) is 0 Å². The minimum absolute atomic E-state index is 0.0281. The molecule has 0 saturated heterocycles. The van der Waals surface area contributed by atoms with Gasteiger partial charge in [-0.15, -0.1) is 0 Å². The Hall–Kier alpha value is -3.54. The van der Waals surface area contributed by atoms with Crippen LogP contribution in [0.3, 0.4) is 0 Å². The van der Waals surface area contributed by atoms with E-state index in [4.69, 9.17) is 9.15 Å². The van der Waals surface area contributed by atoms with Gasteiger partial charge in [0.15, 0.2) is 0 Å². The number of furan rings is 1. The van der Waals surface area contributed by atoms with Gasteiger partial charge in [-0.3, -0.25) is 9.59 Å². The molecule has 0 aliphatic carbocycles. The molecular weight excluding hydrogens is 344 g/mol. The number of hydrogen-bond acceptors (Lipinski definition) is 4. The number of para-hydroxylation sites is 3. The number of ether oxygens (including phenoxy) is 1. The van der Waals surface area contributed by atoms with Crippen molar-refractivity contribution in [3.63, 3.8) is 0 Å². The Morgan fingerprint density at radius 2 is 1.81 bits per heavy atom. The SMILES string of the molecule is C/C=C/C(=O)Nc1c(C(=O)Nc2ccccc2OCC)oc2ccccc12. The van der Waals surface area contributed by atoms with E-state index in [1.54, 1.807) is 49.4 Å². The number of rotatable bonds is 6. The average Bonchev–Trinajstić information content (AvgIpc) is 3.02. The molecule has 0 aliphatic rings. The molecule has 0 spiro atoms. The number of amides is 2. The maximum atomic E-state index is 12.9. The first kappa shape index (κ1) is 18.3. The van der Waals surface area contributed by atoms with E-state index in [-0.39, 0.29) is 11.7 Å². The second kappa shape index (κ2) is 8.23. The van der Waals surface area contributed by atoms with Gasteiger partial charge in [0.2, 0.25) is 11.7 Å². The van der Waals surface area contributed by atoms with Crippen LogP contribution < -0.4 is 15.4 Å². The Bertz CT molecular complexity index is 1000. The van der Waals surface area contributed by atoms with E-state index in [1.165, 1.54) is 6.08 Å². The topological polar surface area (TPSA) is 80.6 Å². The molecule has 0 saturated carbocycles. The van der Waals surface area contributed by atoms with Gasteiger partial charge in [-0.25, -0.2) is 0 Å². The molecule has 1 aromatic heterocycles. The lowest BCUT2D eigenvalue weighted by Crippen LogP contribution is -2.16. The third kappa shape index (κ3) is 4.00. The van der Waals surface area contributed by atoms with E-state index >= 15 is 0 Å². The van der Waals surface area contributed by atoms with Crippen LogP contribution in [0.4, 0.5) is 11.4 Å². The van der Waals surface area contributed by atoms with Crippen LogP contribution in [0.15, 0.2) is 65.1 Å². The number of fused-ring (bicyclic) bond motifs is 1. The fourth-order valence-electron chi connectivity index (χ4n) is 2.68. The van der Waals surface area contributed by atoms with Gasteiger partial charge in [-0.05, 0) is 44.2 Å². The lowest BCUT2D eigenvalue weighted by molar-refractivity contribution is -0.111. The maximum Gasteiger partial charge on any atom is 0.293 e. The molecular formula is C21H20N2O4. The Morgan fingerprint density at radius 3 is 2.59 bits per heavy atom. The van der Waals surface area contributed by atoms with Crippen molar-refractivity contribution in [2.24, 2.45) is 0 Å². The van der Waals surface area contributed by atoms with Crippen molar-refractivity contribution in [3.05, 3.63) is 66.4 Å². The van der Waals surface area contributed by atoms with Gasteiger partial charge in [0, 0.05) is 5.39 Å². The molecule has 27 heavy (non-hydrogen) atoms. The normalized spacial score (nSPS) is 10.9. The van der Waals surface area contributed by atoms with Crippen LogP contribution in [0.25, 0.3) is 11.0 Å². The highest BCUT2D eigenvalue weighted by molar-refractivity contribution is 6.16. The zero-order valence-corrected chi connectivity index (χ0v) is 15.1. The summed E-state index contributed by atoms with van der Waals surface area (Å²) in [4.78, 5) is 24.9. The molecule has 2 amide bonds. The summed E-state index contributed by atoms with van der Waals surface area (Å²) >= 11 is 0. The Morgan fingerprint density at radius 1 is 1.07 bits per heavy atom. The molecule has 1 heterocycles. The molecule has 6 heteroatoms. The van der Waals surface area contributed by atoms with E-state index in [0.717, 1.165) is 0 Å². The zero-order chi connectivity index (χ0) is 19.2. The van der Waals surface area contributed by atoms with Crippen molar-refractivity contribution in [3.8, 4) is 5.75 Å². The lowest BCUT2D eigenvalue weighted by atomic mass is 10.2. The van der Waals surface area contributed by atoms with Crippen LogP contribution >= 0.6 is 0 Å². The van der Waals surface area contributed by atoms with Gasteiger partial charge < -0.3 is 19.8 Å². The summed E-state index contributed by atoms with van der Waals surface area (Å²) in [6.45, 7) is 4.08. The van der Waals surface area contributed by atoms with Gasteiger partial charge in [0.25, 0.3) is 5.91 Å². The number of nitrogens with one attached hydrogen (secondary N) is 2. The van der Waals surface area contributed by atoms with E-state index in [9.17, 15) is 9.59 Å². The summed E-state index contributed by atoms with van der Waals surface area (Å²) in [7, 11) is 0. The number of anilines is 2. The molecule has 0 fully saturated rings. The summed E-state index contributed by atoms with van der Waals surface area (Å²) in [5, 5.41) is 6.17. The molecule has 2 aromatic carbocycles. The highest BCUT2D eigenvalue weighted by Crippen LogP contribution is 2.32. The number of carbonyl (C=O) groups excluding carboxylic acids is 2. The van der Waals surface area contributed by atoms with Crippen LogP contribution in [0, 0.1) is 0 Å². The van der Waals surface area contributed by atoms with Gasteiger partial charge in [-0.1, -0.05) is 30.3 Å². The van der Waals surface area contributed by atoms with Crippen LogP contribution in [0.1, 0.15) is 24.4 Å².